The molecule has 0 aromatic heterocycles. The maximum Gasteiger partial charge on any atom is 0.142 e. The van der Waals surface area contributed by atoms with Crippen molar-refractivity contribution in [3.05, 3.63) is 60.2 Å². The number of benzene rings is 4. The molecule has 4 rings (SSSR count). The standard InChI is InChI=1S/C27H28O4/c1-27(2,3)17-12-10-16(11-13-17)18-14-15-21(29-4)24-23(18)25(30-5)19-8-7-9-20(28)22(19)26(24)31-6/h7-15,28H,1-6H3. The molecule has 1 N–H and O–H groups in total. The number of hydrogen-bond acceptors (Lipinski definition) is 4. The number of methoxy groups -OCH3 is 3. The van der Waals surface area contributed by atoms with Gasteiger partial charge in [-0.2, -0.15) is 0 Å². The molecule has 0 bridgehead atoms. The van der Waals surface area contributed by atoms with E-state index in [9.17, 15) is 5.11 Å². The molecule has 0 aliphatic carbocycles. The van der Waals surface area contributed by atoms with Gasteiger partial charge in [-0.3, -0.25) is 0 Å². The van der Waals surface area contributed by atoms with Crippen LogP contribution >= 0.6 is 0 Å². The van der Waals surface area contributed by atoms with Crippen LogP contribution in [0.5, 0.6) is 23.0 Å². The second kappa shape index (κ2) is 7.69. The lowest BCUT2D eigenvalue weighted by molar-refractivity contribution is 0.403. The van der Waals surface area contributed by atoms with Gasteiger partial charge in [0.25, 0.3) is 0 Å². The molecule has 0 aliphatic rings. The highest BCUT2D eigenvalue weighted by molar-refractivity contribution is 6.19. The van der Waals surface area contributed by atoms with Gasteiger partial charge in [0, 0.05) is 10.8 Å². The molecule has 0 aliphatic heterocycles. The van der Waals surface area contributed by atoms with Crippen molar-refractivity contribution < 1.29 is 19.3 Å². The zero-order valence-electron chi connectivity index (χ0n) is 18.9. The number of phenolic OH excluding ortho intramolecular Hbond substituents is 1. The smallest absolute Gasteiger partial charge is 0.142 e. The summed E-state index contributed by atoms with van der Waals surface area (Å²) in [6.45, 7) is 6.62. The maximum absolute atomic E-state index is 10.6. The summed E-state index contributed by atoms with van der Waals surface area (Å²) in [5.74, 6) is 2.03. The molecule has 0 spiro atoms. The van der Waals surface area contributed by atoms with Gasteiger partial charge in [0.05, 0.1) is 32.1 Å². The summed E-state index contributed by atoms with van der Waals surface area (Å²) in [4.78, 5) is 0. The molecule has 0 atom stereocenters. The molecule has 4 nitrogen and oxygen atoms in total. The number of aromatic hydroxyl groups is 1. The third-order valence-corrected chi connectivity index (χ3v) is 5.83. The number of rotatable bonds is 4. The molecular formula is C27H28O4. The summed E-state index contributed by atoms with van der Waals surface area (Å²) in [5.41, 5.74) is 3.43. The average molecular weight is 417 g/mol. The minimum Gasteiger partial charge on any atom is -0.507 e. The normalized spacial score (nSPS) is 11.7. The maximum atomic E-state index is 10.6. The Morgan fingerprint density at radius 1 is 0.677 bits per heavy atom. The van der Waals surface area contributed by atoms with E-state index < -0.39 is 0 Å². The molecule has 4 aromatic rings. The summed E-state index contributed by atoms with van der Waals surface area (Å²) in [6.07, 6.45) is 0. The predicted molar refractivity (Wildman–Crippen MR) is 127 cm³/mol. The highest BCUT2D eigenvalue weighted by atomic mass is 16.5. The fraction of sp³-hybridized carbons (Fsp3) is 0.259. The Kier molecular flexibility index (Phi) is 5.18. The second-order valence-corrected chi connectivity index (χ2v) is 8.66. The van der Waals surface area contributed by atoms with Crippen molar-refractivity contribution in [3.63, 3.8) is 0 Å². The highest BCUT2D eigenvalue weighted by Crippen LogP contribution is 2.51. The fourth-order valence-corrected chi connectivity index (χ4v) is 4.25. The lowest BCUT2D eigenvalue weighted by atomic mass is 9.85. The molecule has 0 amide bonds. The van der Waals surface area contributed by atoms with Crippen LogP contribution in [0, 0.1) is 0 Å². The Hall–Kier alpha value is -3.40. The van der Waals surface area contributed by atoms with Crippen LogP contribution in [-0.2, 0) is 5.41 Å². The van der Waals surface area contributed by atoms with Crippen LogP contribution in [0.2, 0.25) is 0 Å². The molecule has 31 heavy (non-hydrogen) atoms. The van der Waals surface area contributed by atoms with Gasteiger partial charge in [0.1, 0.15) is 23.0 Å². The zero-order chi connectivity index (χ0) is 22.3. The van der Waals surface area contributed by atoms with Crippen molar-refractivity contribution >= 4 is 21.5 Å². The average Bonchev–Trinajstić information content (AvgIpc) is 2.76. The van der Waals surface area contributed by atoms with Gasteiger partial charge in [-0.25, -0.2) is 0 Å². The monoisotopic (exact) mass is 416 g/mol. The van der Waals surface area contributed by atoms with E-state index in [1.54, 1.807) is 27.4 Å². The van der Waals surface area contributed by atoms with Gasteiger partial charge < -0.3 is 19.3 Å². The predicted octanol–water partition coefficient (Wildman–Crippen LogP) is 6.69. The Morgan fingerprint density at radius 3 is 1.94 bits per heavy atom. The number of hydrogen-bond donors (Lipinski definition) is 1. The molecule has 0 radical (unpaired) electrons. The molecule has 4 aromatic carbocycles. The van der Waals surface area contributed by atoms with Crippen molar-refractivity contribution in [3.8, 4) is 34.1 Å². The van der Waals surface area contributed by atoms with E-state index >= 15 is 0 Å². The van der Waals surface area contributed by atoms with Crippen LogP contribution < -0.4 is 14.2 Å². The van der Waals surface area contributed by atoms with Crippen LogP contribution in [0.25, 0.3) is 32.7 Å². The van der Waals surface area contributed by atoms with Crippen LogP contribution in [0.4, 0.5) is 0 Å². The molecule has 0 unspecified atom stereocenters. The first-order valence-electron chi connectivity index (χ1n) is 10.3. The van der Waals surface area contributed by atoms with E-state index in [2.05, 4.69) is 45.0 Å². The van der Waals surface area contributed by atoms with E-state index in [1.165, 1.54) is 5.56 Å². The lowest BCUT2D eigenvalue weighted by Crippen LogP contribution is -2.10. The molecule has 0 saturated heterocycles. The van der Waals surface area contributed by atoms with Crippen LogP contribution in [0.3, 0.4) is 0 Å². The van der Waals surface area contributed by atoms with Crippen LogP contribution in [-0.4, -0.2) is 26.4 Å². The summed E-state index contributed by atoms with van der Waals surface area (Å²) >= 11 is 0. The highest BCUT2D eigenvalue weighted by Gasteiger charge is 2.24. The van der Waals surface area contributed by atoms with Gasteiger partial charge >= 0.3 is 0 Å². The molecule has 0 heterocycles. The van der Waals surface area contributed by atoms with Crippen molar-refractivity contribution in [2.45, 2.75) is 26.2 Å². The van der Waals surface area contributed by atoms with Gasteiger partial charge in [-0.05, 0) is 40.3 Å². The Morgan fingerprint density at radius 2 is 1.35 bits per heavy atom. The first-order valence-corrected chi connectivity index (χ1v) is 10.3. The second-order valence-electron chi connectivity index (χ2n) is 8.66. The number of fused-ring (bicyclic) bond motifs is 2. The summed E-state index contributed by atoms with van der Waals surface area (Å²) in [6, 6.07) is 18.0. The molecule has 4 heteroatoms. The topological polar surface area (TPSA) is 47.9 Å². The van der Waals surface area contributed by atoms with Gasteiger partial charge in [0.15, 0.2) is 0 Å². The first-order chi connectivity index (χ1) is 14.8. The quantitative estimate of drug-likeness (QED) is 0.377. The van der Waals surface area contributed by atoms with E-state index in [4.69, 9.17) is 14.2 Å². The van der Waals surface area contributed by atoms with Crippen LogP contribution in [0.1, 0.15) is 26.3 Å². The van der Waals surface area contributed by atoms with E-state index in [0.29, 0.717) is 22.6 Å². The van der Waals surface area contributed by atoms with Crippen LogP contribution in [0.15, 0.2) is 54.6 Å². The molecule has 160 valence electrons. The number of phenols is 1. The summed E-state index contributed by atoms with van der Waals surface area (Å²) in [7, 11) is 4.89. The van der Waals surface area contributed by atoms with E-state index in [0.717, 1.165) is 27.3 Å². The Balaban J connectivity index is 2.16. The minimum absolute atomic E-state index is 0.0785. The summed E-state index contributed by atoms with van der Waals surface area (Å²) in [5, 5.41) is 13.7. The Bertz CT molecular complexity index is 1270. The van der Waals surface area contributed by atoms with Crippen molar-refractivity contribution in [2.75, 3.05) is 21.3 Å². The van der Waals surface area contributed by atoms with Crippen molar-refractivity contribution in [1.82, 2.24) is 0 Å². The first kappa shape index (κ1) is 20.9. The molecule has 0 fully saturated rings. The molecular weight excluding hydrogens is 388 g/mol. The zero-order valence-corrected chi connectivity index (χ0v) is 18.9. The van der Waals surface area contributed by atoms with Gasteiger partial charge in [-0.15, -0.1) is 0 Å². The Labute approximate surface area is 183 Å². The van der Waals surface area contributed by atoms with E-state index in [1.807, 2.05) is 24.3 Å². The third-order valence-electron chi connectivity index (χ3n) is 5.83. The third kappa shape index (κ3) is 3.32. The van der Waals surface area contributed by atoms with Crippen molar-refractivity contribution in [2.24, 2.45) is 0 Å². The van der Waals surface area contributed by atoms with Gasteiger partial charge in [-0.1, -0.05) is 57.2 Å². The largest absolute Gasteiger partial charge is 0.507 e. The minimum atomic E-state index is 0.0785. The van der Waals surface area contributed by atoms with Gasteiger partial charge in [0.2, 0.25) is 0 Å². The number of ether oxygens (including phenoxy) is 3. The molecule has 0 saturated carbocycles. The lowest BCUT2D eigenvalue weighted by Gasteiger charge is -2.21. The van der Waals surface area contributed by atoms with Crippen molar-refractivity contribution in [1.29, 1.82) is 0 Å². The SMILES string of the molecule is COc1ccc(-c2ccc(C(C)(C)C)cc2)c2c(OC)c3cccc(O)c3c(OC)c12. The van der Waals surface area contributed by atoms with E-state index in [-0.39, 0.29) is 11.2 Å². The fourth-order valence-electron chi connectivity index (χ4n) is 4.25. The summed E-state index contributed by atoms with van der Waals surface area (Å²) < 4.78 is 17.4.